The van der Waals surface area contributed by atoms with Crippen molar-refractivity contribution < 1.29 is 28.5 Å². The summed E-state index contributed by atoms with van der Waals surface area (Å²) in [7, 11) is 0. The second-order valence-electron chi connectivity index (χ2n) is 14.0. The first-order chi connectivity index (χ1) is 24.6. The molecule has 5 aliphatic rings. The van der Waals surface area contributed by atoms with Gasteiger partial charge >= 0.3 is 0 Å². The van der Waals surface area contributed by atoms with Gasteiger partial charge in [0.25, 0.3) is 0 Å². The molecule has 4 aromatic rings. The predicted molar refractivity (Wildman–Crippen MR) is 186 cm³/mol. The van der Waals surface area contributed by atoms with Gasteiger partial charge in [-0.15, -0.1) is 0 Å². The molecule has 3 aromatic carbocycles. The van der Waals surface area contributed by atoms with Gasteiger partial charge in [0.1, 0.15) is 18.3 Å². The molecule has 1 aromatic heterocycles. The highest BCUT2D eigenvalue weighted by Gasteiger charge is 2.50. The summed E-state index contributed by atoms with van der Waals surface area (Å²) in [5, 5.41) is 1.10. The van der Waals surface area contributed by atoms with E-state index < -0.39 is 12.1 Å². The van der Waals surface area contributed by atoms with Gasteiger partial charge in [0.2, 0.25) is 18.6 Å². The van der Waals surface area contributed by atoms with Crippen molar-refractivity contribution in [2.45, 2.75) is 43.9 Å². The first-order valence-electron chi connectivity index (χ1n) is 17.9. The lowest BCUT2D eigenvalue weighted by atomic mass is 9.85. The molecule has 2 amide bonds. The van der Waals surface area contributed by atoms with Gasteiger partial charge in [0.05, 0.1) is 25.9 Å². The number of para-hydroxylation sites is 1. The average molecular weight is 678 g/mol. The van der Waals surface area contributed by atoms with Crippen LogP contribution < -0.4 is 14.2 Å². The van der Waals surface area contributed by atoms with E-state index in [0.717, 1.165) is 98.8 Å². The van der Waals surface area contributed by atoms with Crippen molar-refractivity contribution in [3.05, 3.63) is 89.1 Å². The lowest BCUT2D eigenvalue weighted by Gasteiger charge is -2.48. The van der Waals surface area contributed by atoms with E-state index in [4.69, 9.17) is 18.9 Å². The fourth-order valence-corrected chi connectivity index (χ4v) is 8.49. The Bertz CT molecular complexity index is 1890. The van der Waals surface area contributed by atoms with E-state index in [1.807, 2.05) is 40.1 Å². The summed E-state index contributed by atoms with van der Waals surface area (Å²) < 4.78 is 22.7. The minimum absolute atomic E-state index is 0.00367. The number of ether oxygens (including phenoxy) is 4. The fourth-order valence-electron chi connectivity index (χ4n) is 8.49. The van der Waals surface area contributed by atoms with Gasteiger partial charge in [-0.25, -0.2) is 0 Å². The lowest BCUT2D eigenvalue weighted by Crippen LogP contribution is -2.65. The molecule has 0 spiro atoms. The molecule has 50 heavy (non-hydrogen) atoms. The monoisotopic (exact) mass is 677 g/mol. The molecule has 3 saturated heterocycles. The summed E-state index contributed by atoms with van der Waals surface area (Å²) in [4.78, 5) is 40.8. The number of carbonyl (C=O) groups is 2. The Hall–Kier alpha value is -4.58. The number of piperazine rings is 1. The largest absolute Gasteiger partial charge is 0.494 e. The Morgan fingerprint density at radius 3 is 2.62 bits per heavy atom. The molecule has 0 bridgehead atoms. The van der Waals surface area contributed by atoms with Crippen LogP contribution in [0.25, 0.3) is 10.9 Å². The Balaban J connectivity index is 0.875. The highest BCUT2D eigenvalue weighted by atomic mass is 16.7. The summed E-state index contributed by atoms with van der Waals surface area (Å²) in [5.74, 6) is 2.25. The number of fused-ring (bicyclic) bond motifs is 5. The number of hydrogen-bond donors (Lipinski definition) is 1. The zero-order chi connectivity index (χ0) is 33.6. The predicted octanol–water partition coefficient (Wildman–Crippen LogP) is 3.96. The van der Waals surface area contributed by atoms with Crippen LogP contribution in [0.2, 0.25) is 0 Å². The van der Waals surface area contributed by atoms with Crippen LogP contribution in [0.5, 0.6) is 17.2 Å². The fraction of sp³-hybridized carbons (Fsp3) is 0.436. The quantitative estimate of drug-likeness (QED) is 0.266. The van der Waals surface area contributed by atoms with Gasteiger partial charge < -0.3 is 33.7 Å². The van der Waals surface area contributed by atoms with Crippen molar-refractivity contribution in [1.82, 2.24) is 24.6 Å². The molecule has 5 aliphatic heterocycles. The van der Waals surface area contributed by atoms with E-state index in [1.165, 1.54) is 5.56 Å². The van der Waals surface area contributed by atoms with Crippen LogP contribution in [-0.2, 0) is 27.3 Å². The average Bonchev–Trinajstić information content (AvgIpc) is 3.90. The molecule has 3 atom stereocenters. The van der Waals surface area contributed by atoms with Gasteiger partial charge in [0.15, 0.2) is 11.5 Å². The Kier molecular flexibility index (Phi) is 8.34. The third-order valence-corrected chi connectivity index (χ3v) is 11.0. The number of amides is 2. The lowest BCUT2D eigenvalue weighted by molar-refractivity contribution is -0.160. The molecule has 11 nitrogen and oxygen atoms in total. The Labute approximate surface area is 291 Å². The van der Waals surface area contributed by atoms with Crippen LogP contribution in [-0.4, -0.2) is 114 Å². The van der Waals surface area contributed by atoms with Crippen molar-refractivity contribution in [3.8, 4) is 17.2 Å². The van der Waals surface area contributed by atoms with E-state index in [-0.39, 0.29) is 31.2 Å². The van der Waals surface area contributed by atoms with Gasteiger partial charge in [-0.2, -0.15) is 0 Å². The normalized spacial score (nSPS) is 23.8. The molecule has 0 radical (unpaired) electrons. The summed E-state index contributed by atoms with van der Waals surface area (Å²) in [6.07, 6.45) is 2.33. The highest BCUT2D eigenvalue weighted by molar-refractivity contribution is 5.98. The van der Waals surface area contributed by atoms with Crippen LogP contribution in [0.4, 0.5) is 0 Å². The van der Waals surface area contributed by atoms with Crippen molar-refractivity contribution >= 4 is 22.7 Å². The number of morpholine rings is 1. The summed E-state index contributed by atoms with van der Waals surface area (Å²) in [6.45, 7) is 8.06. The molecule has 0 saturated carbocycles. The smallest absolute Gasteiger partial charge is 0.246 e. The number of nitrogens with one attached hydrogen (secondary N) is 1. The molecular weight excluding hydrogens is 634 g/mol. The summed E-state index contributed by atoms with van der Waals surface area (Å²) in [6, 6.07) is 21.4. The van der Waals surface area contributed by atoms with Crippen LogP contribution in [0, 0.1) is 0 Å². The molecule has 6 heterocycles. The number of aromatic nitrogens is 1. The second-order valence-corrected chi connectivity index (χ2v) is 14.0. The molecule has 1 N–H and O–H groups in total. The summed E-state index contributed by atoms with van der Waals surface area (Å²) >= 11 is 0. The molecule has 260 valence electrons. The summed E-state index contributed by atoms with van der Waals surface area (Å²) in [5.41, 5.74) is 5.19. The molecule has 0 unspecified atom stereocenters. The number of hydrogen-bond acceptors (Lipinski definition) is 8. The molecule has 0 aliphatic carbocycles. The number of likely N-dealkylation sites (tertiary alicyclic amines) is 1. The van der Waals surface area contributed by atoms with Crippen molar-refractivity contribution in [3.63, 3.8) is 0 Å². The Morgan fingerprint density at radius 2 is 1.74 bits per heavy atom. The van der Waals surface area contributed by atoms with E-state index in [2.05, 4.69) is 51.2 Å². The third-order valence-electron chi connectivity index (χ3n) is 11.0. The number of benzene rings is 3. The SMILES string of the molecule is O=C1[C@H]2Cc3c([nH]c4ccccc34)[C@@H](c3ccc4c(c3)OCO4)N2C(=O)CN1[C@H]1CCN(Cc2ccc(OCCCN3CCOCC3)cc2)C1. The van der Waals surface area contributed by atoms with Crippen LogP contribution in [0.15, 0.2) is 66.7 Å². The second kappa shape index (κ2) is 13.3. The van der Waals surface area contributed by atoms with E-state index >= 15 is 0 Å². The minimum atomic E-state index is -0.575. The van der Waals surface area contributed by atoms with Crippen molar-refractivity contribution in [2.24, 2.45) is 0 Å². The van der Waals surface area contributed by atoms with Gasteiger partial charge in [-0.05, 0) is 59.9 Å². The number of carbonyl (C=O) groups excluding carboxylic acids is 2. The zero-order valence-corrected chi connectivity index (χ0v) is 28.2. The molecule has 3 fully saturated rings. The standard InChI is InChI=1S/C39H43N5O6/c45-36-24-43(28-12-14-42(23-28)22-26-6-9-29(10-7-26)48-17-3-13-41-15-18-47-19-16-41)39(46)33-21-31-30-4-1-2-5-32(30)40-37(31)38(44(33)36)27-8-11-34-35(20-27)50-25-49-34/h1-2,4-11,20,28,33,38,40H,3,12-19,21-25H2/t28-,33+,38+/m0/s1. The maximum absolute atomic E-state index is 14.5. The number of H-pyrrole nitrogens is 1. The third kappa shape index (κ3) is 5.87. The highest BCUT2D eigenvalue weighted by Crippen LogP contribution is 2.45. The number of nitrogens with zero attached hydrogens (tertiary/aromatic N) is 4. The molecule has 9 rings (SSSR count). The zero-order valence-electron chi connectivity index (χ0n) is 28.2. The topological polar surface area (TPSA) is 99.8 Å². The van der Waals surface area contributed by atoms with E-state index in [1.54, 1.807) is 0 Å². The van der Waals surface area contributed by atoms with Crippen LogP contribution in [0.3, 0.4) is 0 Å². The van der Waals surface area contributed by atoms with Crippen LogP contribution >= 0.6 is 0 Å². The van der Waals surface area contributed by atoms with Gasteiger partial charge in [-0.3, -0.25) is 19.4 Å². The molecule has 11 heteroatoms. The maximum Gasteiger partial charge on any atom is 0.246 e. The van der Waals surface area contributed by atoms with Crippen molar-refractivity contribution in [1.29, 1.82) is 0 Å². The van der Waals surface area contributed by atoms with Gasteiger partial charge in [0, 0.05) is 68.3 Å². The number of aromatic amines is 1. The van der Waals surface area contributed by atoms with E-state index in [0.29, 0.717) is 24.5 Å². The van der Waals surface area contributed by atoms with Crippen molar-refractivity contribution in [2.75, 3.05) is 65.9 Å². The maximum atomic E-state index is 14.5. The number of rotatable bonds is 9. The molecular formula is C39H43N5O6. The first kappa shape index (κ1) is 31.4. The Morgan fingerprint density at radius 1 is 0.900 bits per heavy atom. The van der Waals surface area contributed by atoms with Crippen LogP contribution in [0.1, 0.15) is 41.3 Å². The minimum Gasteiger partial charge on any atom is -0.494 e. The van der Waals surface area contributed by atoms with E-state index in [9.17, 15) is 9.59 Å². The first-order valence-corrected chi connectivity index (χ1v) is 17.9. The van der Waals surface area contributed by atoms with Gasteiger partial charge in [-0.1, -0.05) is 36.4 Å².